The SMILES string of the molecule is CNC1COCC1C(=O)c1c(C)cc(C)cc1OC. The lowest BCUT2D eigenvalue weighted by molar-refractivity contribution is 0.0888. The summed E-state index contributed by atoms with van der Waals surface area (Å²) < 4.78 is 10.8. The molecule has 2 rings (SSSR count). The Morgan fingerprint density at radius 2 is 2.11 bits per heavy atom. The lowest BCUT2D eigenvalue weighted by atomic mass is 9.90. The highest BCUT2D eigenvalue weighted by atomic mass is 16.5. The zero-order valence-electron chi connectivity index (χ0n) is 11.9. The van der Waals surface area contributed by atoms with Crippen LogP contribution >= 0.6 is 0 Å². The molecular weight excluding hydrogens is 242 g/mol. The van der Waals surface area contributed by atoms with Crippen LogP contribution in [0.15, 0.2) is 12.1 Å². The standard InChI is InChI=1S/C15H21NO3/c1-9-5-10(2)14(13(6-9)18-4)15(17)11-7-19-8-12(11)16-3/h5-6,11-12,16H,7-8H2,1-4H3. The number of Topliss-reactive ketones (excluding diaryl/α,β-unsaturated/α-hetero) is 1. The Balaban J connectivity index is 2.38. The molecular formula is C15H21NO3. The first-order valence-electron chi connectivity index (χ1n) is 6.53. The summed E-state index contributed by atoms with van der Waals surface area (Å²) in [4.78, 5) is 12.7. The highest BCUT2D eigenvalue weighted by molar-refractivity contribution is 6.02. The molecule has 1 aliphatic heterocycles. The van der Waals surface area contributed by atoms with Crippen molar-refractivity contribution < 1.29 is 14.3 Å². The molecule has 1 aromatic carbocycles. The van der Waals surface area contributed by atoms with E-state index in [0.717, 1.165) is 11.1 Å². The van der Waals surface area contributed by atoms with Crippen molar-refractivity contribution in [1.82, 2.24) is 5.32 Å². The van der Waals surface area contributed by atoms with E-state index in [9.17, 15) is 4.79 Å². The molecule has 0 spiro atoms. The molecule has 0 radical (unpaired) electrons. The number of benzene rings is 1. The van der Waals surface area contributed by atoms with Crippen LogP contribution in [0.5, 0.6) is 5.75 Å². The fourth-order valence-electron chi connectivity index (χ4n) is 2.69. The number of ketones is 1. The van der Waals surface area contributed by atoms with Crippen molar-refractivity contribution in [2.75, 3.05) is 27.4 Å². The van der Waals surface area contributed by atoms with Crippen molar-refractivity contribution in [1.29, 1.82) is 0 Å². The predicted octanol–water partition coefficient (Wildman–Crippen LogP) is 1.73. The van der Waals surface area contributed by atoms with E-state index >= 15 is 0 Å². The van der Waals surface area contributed by atoms with Crippen molar-refractivity contribution in [3.63, 3.8) is 0 Å². The summed E-state index contributed by atoms with van der Waals surface area (Å²) in [5.74, 6) is 0.621. The van der Waals surface area contributed by atoms with E-state index in [0.29, 0.717) is 24.5 Å². The Morgan fingerprint density at radius 3 is 2.74 bits per heavy atom. The van der Waals surface area contributed by atoms with E-state index in [2.05, 4.69) is 5.32 Å². The molecule has 0 aromatic heterocycles. The van der Waals surface area contributed by atoms with Gasteiger partial charge in [0.25, 0.3) is 0 Å². The molecule has 4 nitrogen and oxygen atoms in total. The minimum atomic E-state index is -0.139. The van der Waals surface area contributed by atoms with Gasteiger partial charge in [0, 0.05) is 6.04 Å². The molecule has 1 N–H and O–H groups in total. The Labute approximate surface area is 114 Å². The van der Waals surface area contributed by atoms with Crippen LogP contribution in [-0.2, 0) is 4.74 Å². The summed E-state index contributed by atoms with van der Waals surface area (Å²) in [5, 5.41) is 3.15. The van der Waals surface area contributed by atoms with Gasteiger partial charge in [0.15, 0.2) is 5.78 Å². The summed E-state index contributed by atoms with van der Waals surface area (Å²) in [7, 11) is 3.46. The van der Waals surface area contributed by atoms with Gasteiger partial charge in [-0.25, -0.2) is 0 Å². The van der Waals surface area contributed by atoms with Gasteiger partial charge in [-0.3, -0.25) is 4.79 Å². The number of nitrogens with one attached hydrogen (secondary N) is 1. The smallest absolute Gasteiger partial charge is 0.173 e. The average molecular weight is 263 g/mol. The second-order valence-electron chi connectivity index (χ2n) is 5.06. The van der Waals surface area contributed by atoms with Crippen LogP contribution in [0.25, 0.3) is 0 Å². The number of hydrogen-bond donors (Lipinski definition) is 1. The van der Waals surface area contributed by atoms with Crippen molar-refractivity contribution in [3.05, 3.63) is 28.8 Å². The molecule has 0 saturated carbocycles. The maximum atomic E-state index is 12.7. The molecule has 2 unspecified atom stereocenters. The van der Waals surface area contributed by atoms with Gasteiger partial charge in [-0.15, -0.1) is 0 Å². The van der Waals surface area contributed by atoms with Gasteiger partial charge in [-0.05, 0) is 38.1 Å². The van der Waals surface area contributed by atoms with Gasteiger partial charge in [0.1, 0.15) is 5.75 Å². The Hall–Kier alpha value is -1.39. The molecule has 0 aliphatic carbocycles. The molecule has 0 bridgehead atoms. The molecule has 4 heteroatoms. The van der Waals surface area contributed by atoms with Gasteiger partial charge in [-0.1, -0.05) is 6.07 Å². The van der Waals surface area contributed by atoms with Gasteiger partial charge < -0.3 is 14.8 Å². The van der Waals surface area contributed by atoms with E-state index in [4.69, 9.17) is 9.47 Å². The number of rotatable bonds is 4. The molecule has 1 aliphatic rings. The van der Waals surface area contributed by atoms with Crippen molar-refractivity contribution in [2.24, 2.45) is 5.92 Å². The summed E-state index contributed by atoms with van der Waals surface area (Å²) in [6.45, 7) is 5.01. The Bertz CT molecular complexity index is 485. The second-order valence-corrected chi connectivity index (χ2v) is 5.06. The summed E-state index contributed by atoms with van der Waals surface area (Å²) >= 11 is 0. The summed E-state index contributed by atoms with van der Waals surface area (Å²) in [6.07, 6.45) is 0. The van der Waals surface area contributed by atoms with E-state index < -0.39 is 0 Å². The highest BCUT2D eigenvalue weighted by Gasteiger charge is 2.35. The number of ether oxygens (including phenoxy) is 2. The average Bonchev–Trinajstić information content (AvgIpc) is 2.85. The molecule has 1 fully saturated rings. The number of aryl methyl sites for hydroxylation is 2. The third-order valence-corrected chi connectivity index (χ3v) is 3.70. The first kappa shape index (κ1) is 14.0. The molecule has 104 valence electrons. The van der Waals surface area contributed by atoms with Crippen molar-refractivity contribution in [3.8, 4) is 5.75 Å². The molecule has 1 aromatic rings. The topological polar surface area (TPSA) is 47.6 Å². The van der Waals surface area contributed by atoms with Crippen molar-refractivity contribution in [2.45, 2.75) is 19.9 Å². The normalized spacial score (nSPS) is 22.5. The van der Waals surface area contributed by atoms with Gasteiger partial charge in [-0.2, -0.15) is 0 Å². The second kappa shape index (κ2) is 5.72. The first-order valence-corrected chi connectivity index (χ1v) is 6.53. The van der Waals surface area contributed by atoms with Gasteiger partial charge in [0.2, 0.25) is 0 Å². The lowest BCUT2D eigenvalue weighted by Crippen LogP contribution is -2.37. The van der Waals surface area contributed by atoms with Crippen LogP contribution in [0, 0.1) is 19.8 Å². The molecule has 19 heavy (non-hydrogen) atoms. The number of carbonyl (C=O) groups is 1. The molecule has 0 amide bonds. The maximum Gasteiger partial charge on any atom is 0.173 e. The van der Waals surface area contributed by atoms with Crippen molar-refractivity contribution >= 4 is 5.78 Å². The maximum absolute atomic E-state index is 12.7. The van der Waals surface area contributed by atoms with E-state index in [-0.39, 0.29) is 17.7 Å². The van der Waals surface area contributed by atoms with Crippen LogP contribution in [0.4, 0.5) is 0 Å². The minimum absolute atomic E-state index is 0.0814. The zero-order chi connectivity index (χ0) is 14.0. The third kappa shape index (κ3) is 2.65. The summed E-state index contributed by atoms with van der Waals surface area (Å²) in [6, 6.07) is 4.00. The fraction of sp³-hybridized carbons (Fsp3) is 0.533. The van der Waals surface area contributed by atoms with E-state index in [1.54, 1.807) is 7.11 Å². The van der Waals surface area contributed by atoms with Gasteiger partial charge >= 0.3 is 0 Å². The van der Waals surface area contributed by atoms with Crippen LogP contribution in [0.3, 0.4) is 0 Å². The third-order valence-electron chi connectivity index (χ3n) is 3.70. The van der Waals surface area contributed by atoms with E-state index in [1.165, 1.54) is 0 Å². The van der Waals surface area contributed by atoms with Gasteiger partial charge in [0.05, 0.1) is 31.8 Å². The predicted molar refractivity (Wildman–Crippen MR) is 74.0 cm³/mol. The monoisotopic (exact) mass is 263 g/mol. The number of carbonyl (C=O) groups excluding carboxylic acids is 1. The Morgan fingerprint density at radius 1 is 1.37 bits per heavy atom. The van der Waals surface area contributed by atoms with Crippen LogP contribution in [0.2, 0.25) is 0 Å². The van der Waals surface area contributed by atoms with E-state index in [1.807, 2.05) is 33.0 Å². The molecule has 1 saturated heterocycles. The number of methoxy groups -OCH3 is 1. The van der Waals surface area contributed by atoms with Crippen LogP contribution in [0.1, 0.15) is 21.5 Å². The number of hydrogen-bond acceptors (Lipinski definition) is 4. The first-order chi connectivity index (χ1) is 9.08. The lowest BCUT2D eigenvalue weighted by Gasteiger charge is -2.19. The fourth-order valence-corrected chi connectivity index (χ4v) is 2.69. The van der Waals surface area contributed by atoms with Crippen LogP contribution in [-0.4, -0.2) is 39.2 Å². The summed E-state index contributed by atoms with van der Waals surface area (Å²) in [5.41, 5.74) is 2.74. The zero-order valence-corrected chi connectivity index (χ0v) is 11.9. The Kier molecular flexibility index (Phi) is 4.22. The minimum Gasteiger partial charge on any atom is -0.496 e. The quantitative estimate of drug-likeness (QED) is 0.840. The largest absolute Gasteiger partial charge is 0.496 e. The molecule has 1 heterocycles. The molecule has 2 atom stereocenters. The number of likely N-dealkylation sites (N-methyl/N-ethyl adjacent to an activating group) is 1. The van der Waals surface area contributed by atoms with Crippen LogP contribution < -0.4 is 10.1 Å². The highest BCUT2D eigenvalue weighted by Crippen LogP contribution is 2.29.